The van der Waals surface area contributed by atoms with Gasteiger partial charge < -0.3 is 9.84 Å². The van der Waals surface area contributed by atoms with Gasteiger partial charge in [0.1, 0.15) is 6.54 Å². The van der Waals surface area contributed by atoms with Crippen LogP contribution in [0.3, 0.4) is 0 Å². The number of aromatic nitrogens is 2. The van der Waals surface area contributed by atoms with Gasteiger partial charge in [0, 0.05) is 19.7 Å². The molecule has 3 rings (SSSR count). The van der Waals surface area contributed by atoms with E-state index in [1.807, 2.05) is 49.4 Å². The summed E-state index contributed by atoms with van der Waals surface area (Å²) in [7, 11) is -1.04. The molecule has 1 N–H and O–H groups in total. The lowest BCUT2D eigenvalue weighted by Crippen LogP contribution is -2.46. The SMILES string of the molecule is Cc1ccc(C)c(N(CC(=O)NCc2nc(-c3ccccc3)no2)S(=O)(=O)N(C)C)c1. The van der Waals surface area contributed by atoms with Crippen molar-refractivity contribution in [3.63, 3.8) is 0 Å². The highest BCUT2D eigenvalue weighted by atomic mass is 32.2. The number of hydrogen-bond donors (Lipinski definition) is 1. The Labute approximate surface area is 181 Å². The number of nitrogens with one attached hydrogen (secondary N) is 1. The summed E-state index contributed by atoms with van der Waals surface area (Å²) in [4.78, 5) is 16.9. The van der Waals surface area contributed by atoms with Gasteiger partial charge in [-0.25, -0.2) is 4.31 Å². The van der Waals surface area contributed by atoms with Crippen molar-refractivity contribution in [2.45, 2.75) is 20.4 Å². The number of anilines is 1. The van der Waals surface area contributed by atoms with Crippen LogP contribution in [-0.4, -0.2) is 49.4 Å². The predicted molar refractivity (Wildman–Crippen MR) is 117 cm³/mol. The number of aryl methyl sites for hydroxylation is 2. The van der Waals surface area contributed by atoms with Crippen molar-refractivity contribution >= 4 is 21.8 Å². The first-order chi connectivity index (χ1) is 14.7. The zero-order valence-electron chi connectivity index (χ0n) is 17.9. The molecule has 0 unspecified atom stereocenters. The average molecular weight is 444 g/mol. The Kier molecular flexibility index (Phi) is 6.71. The summed E-state index contributed by atoms with van der Waals surface area (Å²) in [6.45, 7) is 3.27. The third kappa shape index (κ3) is 5.28. The third-order valence-electron chi connectivity index (χ3n) is 4.60. The smallest absolute Gasteiger partial charge is 0.304 e. The minimum Gasteiger partial charge on any atom is -0.345 e. The van der Waals surface area contributed by atoms with E-state index in [-0.39, 0.29) is 19.0 Å². The maximum atomic E-state index is 12.9. The molecule has 0 aliphatic carbocycles. The Balaban J connectivity index is 1.74. The molecule has 0 atom stereocenters. The lowest BCUT2D eigenvalue weighted by atomic mass is 10.1. The summed E-state index contributed by atoms with van der Waals surface area (Å²) in [5.74, 6) is 0.142. The van der Waals surface area contributed by atoms with Crippen molar-refractivity contribution in [2.24, 2.45) is 0 Å². The second kappa shape index (κ2) is 9.27. The van der Waals surface area contributed by atoms with Crippen LogP contribution >= 0.6 is 0 Å². The van der Waals surface area contributed by atoms with Crippen molar-refractivity contribution in [1.29, 1.82) is 0 Å². The Morgan fingerprint density at radius 3 is 2.48 bits per heavy atom. The second-order valence-electron chi connectivity index (χ2n) is 7.24. The lowest BCUT2D eigenvalue weighted by molar-refractivity contribution is -0.119. The van der Waals surface area contributed by atoms with Crippen molar-refractivity contribution < 1.29 is 17.7 Å². The molecule has 0 fully saturated rings. The van der Waals surface area contributed by atoms with E-state index in [0.29, 0.717) is 11.5 Å². The van der Waals surface area contributed by atoms with Crippen molar-refractivity contribution in [1.82, 2.24) is 19.8 Å². The van der Waals surface area contributed by atoms with Crippen molar-refractivity contribution in [3.05, 3.63) is 65.5 Å². The van der Waals surface area contributed by atoms with Crippen LogP contribution in [0.2, 0.25) is 0 Å². The van der Waals surface area contributed by atoms with E-state index in [2.05, 4.69) is 15.5 Å². The predicted octanol–water partition coefficient (Wildman–Crippen LogP) is 2.28. The van der Waals surface area contributed by atoms with Crippen LogP contribution in [-0.2, 0) is 21.5 Å². The molecule has 0 spiro atoms. The number of benzene rings is 2. The molecule has 0 aliphatic heterocycles. The molecule has 31 heavy (non-hydrogen) atoms. The van der Waals surface area contributed by atoms with E-state index >= 15 is 0 Å². The third-order valence-corrected chi connectivity index (χ3v) is 6.40. The summed E-state index contributed by atoms with van der Waals surface area (Å²) in [6.07, 6.45) is 0. The summed E-state index contributed by atoms with van der Waals surface area (Å²) < 4.78 is 33.1. The Hall–Kier alpha value is -3.24. The topological polar surface area (TPSA) is 109 Å². The fourth-order valence-corrected chi connectivity index (χ4v) is 3.99. The first kappa shape index (κ1) is 22.4. The van der Waals surface area contributed by atoms with Gasteiger partial charge in [-0.15, -0.1) is 0 Å². The normalized spacial score (nSPS) is 11.5. The molecule has 0 saturated carbocycles. The van der Waals surface area contributed by atoms with Gasteiger partial charge in [0.15, 0.2) is 0 Å². The number of rotatable bonds is 8. The fourth-order valence-electron chi connectivity index (χ4n) is 2.87. The van der Waals surface area contributed by atoms with Crippen LogP contribution in [0.4, 0.5) is 5.69 Å². The first-order valence-electron chi connectivity index (χ1n) is 9.60. The molecule has 0 aliphatic rings. The van der Waals surface area contributed by atoms with E-state index in [4.69, 9.17) is 4.52 Å². The molecule has 3 aromatic rings. The number of carbonyl (C=O) groups excluding carboxylic acids is 1. The Morgan fingerprint density at radius 1 is 1.10 bits per heavy atom. The molecule has 10 heteroatoms. The van der Waals surface area contributed by atoms with Crippen LogP contribution in [0.1, 0.15) is 17.0 Å². The Morgan fingerprint density at radius 2 is 1.81 bits per heavy atom. The van der Waals surface area contributed by atoms with Crippen LogP contribution in [0.25, 0.3) is 11.4 Å². The van der Waals surface area contributed by atoms with E-state index in [1.54, 1.807) is 13.0 Å². The number of amides is 1. The average Bonchev–Trinajstić information content (AvgIpc) is 3.22. The van der Waals surface area contributed by atoms with E-state index in [1.165, 1.54) is 14.1 Å². The molecule has 9 nitrogen and oxygen atoms in total. The highest BCUT2D eigenvalue weighted by Crippen LogP contribution is 2.25. The van der Waals surface area contributed by atoms with E-state index in [9.17, 15) is 13.2 Å². The molecule has 1 aromatic heterocycles. The molecule has 164 valence electrons. The van der Waals surface area contributed by atoms with Crippen LogP contribution < -0.4 is 9.62 Å². The molecule has 1 amide bonds. The summed E-state index contributed by atoms with van der Waals surface area (Å²) in [6, 6.07) is 14.8. The van der Waals surface area contributed by atoms with Gasteiger partial charge in [-0.1, -0.05) is 47.6 Å². The maximum Gasteiger partial charge on any atom is 0.304 e. The fraction of sp³-hybridized carbons (Fsp3) is 0.286. The molecule has 0 radical (unpaired) electrons. The monoisotopic (exact) mass is 443 g/mol. The largest absolute Gasteiger partial charge is 0.345 e. The minimum atomic E-state index is -3.89. The molecular formula is C21H25N5O4S. The summed E-state index contributed by atoms with van der Waals surface area (Å²) in [5.41, 5.74) is 2.88. The van der Waals surface area contributed by atoms with Gasteiger partial charge in [0.25, 0.3) is 0 Å². The minimum absolute atomic E-state index is 0.0126. The van der Waals surface area contributed by atoms with Gasteiger partial charge in [-0.3, -0.25) is 4.79 Å². The molecular weight excluding hydrogens is 418 g/mol. The highest BCUT2D eigenvalue weighted by Gasteiger charge is 2.28. The second-order valence-corrected chi connectivity index (χ2v) is 9.31. The zero-order valence-corrected chi connectivity index (χ0v) is 18.7. The van der Waals surface area contributed by atoms with Crippen LogP contribution in [0, 0.1) is 13.8 Å². The zero-order chi connectivity index (χ0) is 22.6. The number of carbonyl (C=O) groups is 1. The molecule has 0 saturated heterocycles. The van der Waals surface area contributed by atoms with Gasteiger partial charge in [-0.2, -0.15) is 17.7 Å². The standard InChI is InChI=1S/C21H25N5O4S/c1-15-10-11-16(2)18(12-15)26(31(28,29)25(3)4)14-19(27)22-13-20-23-21(24-30-20)17-8-6-5-7-9-17/h5-12H,13-14H2,1-4H3,(H,22,27). The lowest BCUT2D eigenvalue weighted by Gasteiger charge is -2.28. The van der Waals surface area contributed by atoms with Gasteiger partial charge in [0.05, 0.1) is 12.2 Å². The van der Waals surface area contributed by atoms with Crippen LogP contribution in [0.5, 0.6) is 0 Å². The van der Waals surface area contributed by atoms with Crippen molar-refractivity contribution in [2.75, 3.05) is 24.9 Å². The summed E-state index contributed by atoms with van der Waals surface area (Å²) in [5, 5.41) is 6.56. The maximum absolute atomic E-state index is 12.9. The quantitative estimate of drug-likeness (QED) is 0.572. The Bertz CT molecular complexity index is 1160. The van der Waals surface area contributed by atoms with Gasteiger partial charge in [0.2, 0.25) is 17.6 Å². The molecule has 2 aromatic carbocycles. The van der Waals surface area contributed by atoms with Gasteiger partial charge in [-0.05, 0) is 31.0 Å². The highest BCUT2D eigenvalue weighted by molar-refractivity contribution is 7.90. The molecule has 0 bridgehead atoms. The van der Waals surface area contributed by atoms with Crippen molar-refractivity contribution in [3.8, 4) is 11.4 Å². The molecule has 1 heterocycles. The van der Waals surface area contributed by atoms with E-state index in [0.717, 1.165) is 25.3 Å². The first-order valence-corrected chi connectivity index (χ1v) is 11.0. The van der Waals surface area contributed by atoms with E-state index < -0.39 is 16.1 Å². The summed E-state index contributed by atoms with van der Waals surface area (Å²) >= 11 is 0. The number of hydrogen-bond acceptors (Lipinski definition) is 6. The van der Waals surface area contributed by atoms with Crippen LogP contribution in [0.15, 0.2) is 53.1 Å². The number of nitrogens with zero attached hydrogens (tertiary/aromatic N) is 4. The van der Waals surface area contributed by atoms with Gasteiger partial charge >= 0.3 is 10.2 Å².